The lowest BCUT2D eigenvalue weighted by molar-refractivity contribution is 0.0775. The molecular formula is C25H40N4O3. The number of hydrogen-bond acceptors (Lipinski definition) is 4. The van der Waals surface area contributed by atoms with Gasteiger partial charge >= 0.3 is 0 Å². The molecule has 1 aromatic rings. The minimum absolute atomic E-state index is 0.0889. The van der Waals surface area contributed by atoms with Crippen molar-refractivity contribution in [2.45, 2.75) is 78.3 Å². The summed E-state index contributed by atoms with van der Waals surface area (Å²) in [5.41, 5.74) is -0.225. The lowest BCUT2D eigenvalue weighted by Gasteiger charge is -2.26. The van der Waals surface area contributed by atoms with Gasteiger partial charge in [-0.3, -0.25) is 19.3 Å². The van der Waals surface area contributed by atoms with E-state index < -0.39 is 5.43 Å². The van der Waals surface area contributed by atoms with Crippen LogP contribution in [-0.2, 0) is 0 Å². The molecular weight excluding hydrogens is 404 g/mol. The molecule has 2 heterocycles. The number of carbonyl (C=O) groups is 2. The molecule has 0 bridgehead atoms. The third-order valence-electron chi connectivity index (χ3n) is 7.05. The van der Waals surface area contributed by atoms with Gasteiger partial charge in [-0.15, -0.1) is 0 Å². The smallest absolute Gasteiger partial charge is 0.259 e. The van der Waals surface area contributed by atoms with Crippen molar-refractivity contribution in [3.8, 4) is 0 Å². The molecule has 7 nitrogen and oxygen atoms in total. The summed E-state index contributed by atoms with van der Waals surface area (Å²) >= 11 is 0. The van der Waals surface area contributed by atoms with Crippen LogP contribution in [0, 0.1) is 5.92 Å². The van der Waals surface area contributed by atoms with Gasteiger partial charge in [0.1, 0.15) is 11.1 Å². The lowest BCUT2D eigenvalue weighted by atomic mass is 10.1. The maximum Gasteiger partial charge on any atom is 0.259 e. The fraction of sp³-hybridized carbons (Fsp3) is 0.720. The van der Waals surface area contributed by atoms with E-state index in [9.17, 15) is 14.4 Å². The molecule has 1 aliphatic carbocycles. The van der Waals surface area contributed by atoms with Crippen molar-refractivity contribution in [2.75, 3.05) is 32.7 Å². The summed E-state index contributed by atoms with van der Waals surface area (Å²) < 4.78 is 1.96. The Morgan fingerprint density at radius 1 is 1.09 bits per heavy atom. The molecule has 178 valence electrons. The van der Waals surface area contributed by atoms with E-state index in [-0.39, 0.29) is 29.0 Å². The molecule has 0 radical (unpaired) electrons. The Morgan fingerprint density at radius 3 is 2.38 bits per heavy atom. The van der Waals surface area contributed by atoms with Crippen LogP contribution in [0.2, 0.25) is 0 Å². The molecule has 1 aromatic heterocycles. The average molecular weight is 445 g/mol. The highest BCUT2D eigenvalue weighted by Crippen LogP contribution is 2.29. The van der Waals surface area contributed by atoms with E-state index in [1.807, 2.05) is 4.57 Å². The zero-order valence-electron chi connectivity index (χ0n) is 20.2. The minimum atomic E-state index is -0.447. The molecule has 2 aliphatic rings. The SMILES string of the molecule is CCN(CC)C1CCN(C(=O)c2cn(C3CCCC3)cc(C(=O)NCCC(C)C)c2=O)C1. The zero-order chi connectivity index (χ0) is 23.3. The van der Waals surface area contributed by atoms with Gasteiger partial charge in [-0.1, -0.05) is 40.5 Å². The van der Waals surface area contributed by atoms with Gasteiger partial charge in [0, 0.05) is 44.1 Å². The maximum atomic E-state index is 13.4. The van der Waals surface area contributed by atoms with E-state index in [2.05, 4.69) is 37.9 Å². The first-order valence-electron chi connectivity index (χ1n) is 12.4. The summed E-state index contributed by atoms with van der Waals surface area (Å²) in [6.45, 7) is 12.2. The predicted molar refractivity (Wildman–Crippen MR) is 127 cm³/mol. The fourth-order valence-corrected chi connectivity index (χ4v) is 5.03. The standard InChI is InChI=1S/C25H40N4O3/c1-5-27(6-2)20-12-14-28(15-20)25(32)22-17-29(19-9-7-8-10-19)16-21(23(22)30)24(31)26-13-11-18(3)4/h16-20H,5-15H2,1-4H3,(H,26,31). The van der Waals surface area contributed by atoms with Gasteiger partial charge in [0.15, 0.2) is 0 Å². The Balaban J connectivity index is 1.87. The van der Waals surface area contributed by atoms with Gasteiger partial charge in [-0.25, -0.2) is 0 Å². The average Bonchev–Trinajstić information content (AvgIpc) is 3.47. The number of likely N-dealkylation sites (tertiary alicyclic amines) is 1. The van der Waals surface area contributed by atoms with E-state index in [1.165, 1.54) is 0 Å². The van der Waals surface area contributed by atoms with Crippen LogP contribution in [0.15, 0.2) is 17.2 Å². The summed E-state index contributed by atoms with van der Waals surface area (Å²) in [5.74, 6) is -0.153. The summed E-state index contributed by atoms with van der Waals surface area (Å²) in [5, 5.41) is 2.88. The summed E-state index contributed by atoms with van der Waals surface area (Å²) in [6, 6.07) is 0.569. The Kier molecular flexibility index (Phi) is 8.51. The molecule has 1 unspecified atom stereocenters. The van der Waals surface area contributed by atoms with Crippen LogP contribution in [0.25, 0.3) is 0 Å². The van der Waals surface area contributed by atoms with Gasteiger partial charge in [-0.05, 0) is 44.7 Å². The van der Waals surface area contributed by atoms with Crippen molar-refractivity contribution in [2.24, 2.45) is 5.92 Å². The van der Waals surface area contributed by atoms with E-state index in [1.54, 1.807) is 17.3 Å². The van der Waals surface area contributed by atoms with Crippen molar-refractivity contribution in [1.29, 1.82) is 0 Å². The van der Waals surface area contributed by atoms with Crippen molar-refractivity contribution in [3.63, 3.8) is 0 Å². The van der Waals surface area contributed by atoms with Crippen molar-refractivity contribution >= 4 is 11.8 Å². The third-order valence-corrected chi connectivity index (χ3v) is 7.05. The monoisotopic (exact) mass is 444 g/mol. The second kappa shape index (κ2) is 11.1. The van der Waals surface area contributed by atoms with E-state index in [0.717, 1.165) is 51.6 Å². The number of nitrogens with one attached hydrogen (secondary N) is 1. The predicted octanol–water partition coefficient (Wildman–Crippen LogP) is 3.30. The molecule has 0 spiro atoms. The van der Waals surface area contributed by atoms with Gasteiger partial charge in [-0.2, -0.15) is 0 Å². The van der Waals surface area contributed by atoms with Crippen molar-refractivity contribution < 1.29 is 9.59 Å². The van der Waals surface area contributed by atoms with Crippen LogP contribution < -0.4 is 10.7 Å². The molecule has 7 heteroatoms. The molecule has 2 amide bonds. The van der Waals surface area contributed by atoms with E-state index in [0.29, 0.717) is 31.6 Å². The number of hydrogen-bond donors (Lipinski definition) is 1. The second-order valence-electron chi connectivity index (χ2n) is 9.65. The van der Waals surface area contributed by atoms with Crippen molar-refractivity contribution in [3.05, 3.63) is 33.7 Å². The molecule has 1 saturated heterocycles. The first kappa shape index (κ1) is 24.5. The van der Waals surface area contributed by atoms with Gasteiger partial charge < -0.3 is 14.8 Å². The van der Waals surface area contributed by atoms with Gasteiger partial charge in [0.05, 0.1) is 0 Å². The highest BCUT2D eigenvalue weighted by molar-refractivity contribution is 5.99. The number of likely N-dealkylation sites (N-methyl/N-ethyl adjacent to an activating group) is 1. The van der Waals surface area contributed by atoms with Crippen LogP contribution in [0.4, 0.5) is 0 Å². The third kappa shape index (κ3) is 5.61. The van der Waals surface area contributed by atoms with Crippen LogP contribution in [0.5, 0.6) is 0 Å². The topological polar surface area (TPSA) is 74.7 Å². The highest BCUT2D eigenvalue weighted by atomic mass is 16.2. The number of amides is 2. The largest absolute Gasteiger partial charge is 0.352 e. The number of aromatic nitrogens is 1. The number of nitrogens with zero attached hydrogens (tertiary/aromatic N) is 3. The first-order valence-corrected chi connectivity index (χ1v) is 12.4. The molecule has 1 atom stereocenters. The molecule has 0 aromatic carbocycles. The van der Waals surface area contributed by atoms with Crippen LogP contribution in [-0.4, -0.2) is 64.9 Å². The summed E-state index contributed by atoms with van der Waals surface area (Å²) in [6.07, 6.45) is 9.43. The number of rotatable bonds is 9. The minimum Gasteiger partial charge on any atom is -0.352 e. The van der Waals surface area contributed by atoms with E-state index >= 15 is 0 Å². The van der Waals surface area contributed by atoms with Gasteiger partial charge in [0.25, 0.3) is 11.8 Å². The Morgan fingerprint density at radius 2 is 1.75 bits per heavy atom. The summed E-state index contributed by atoms with van der Waals surface area (Å²) in [4.78, 5) is 43.7. The van der Waals surface area contributed by atoms with Crippen molar-refractivity contribution in [1.82, 2.24) is 19.7 Å². The van der Waals surface area contributed by atoms with E-state index in [4.69, 9.17) is 0 Å². The molecule has 32 heavy (non-hydrogen) atoms. The first-order chi connectivity index (χ1) is 15.3. The van der Waals surface area contributed by atoms with Gasteiger partial charge in [0.2, 0.25) is 5.43 Å². The van der Waals surface area contributed by atoms with Crippen LogP contribution in [0.1, 0.15) is 93.0 Å². The molecule has 2 fully saturated rings. The quantitative estimate of drug-likeness (QED) is 0.634. The molecule has 3 rings (SSSR count). The Bertz CT molecular complexity index is 853. The molecule has 1 N–H and O–H groups in total. The highest BCUT2D eigenvalue weighted by Gasteiger charge is 2.32. The Labute approximate surface area is 192 Å². The van der Waals surface area contributed by atoms with Crippen LogP contribution in [0.3, 0.4) is 0 Å². The second-order valence-corrected chi connectivity index (χ2v) is 9.65. The maximum absolute atomic E-state index is 13.4. The van der Waals surface area contributed by atoms with Crippen LogP contribution >= 0.6 is 0 Å². The Hall–Kier alpha value is -2.15. The number of pyridine rings is 1. The summed E-state index contributed by atoms with van der Waals surface area (Å²) in [7, 11) is 0. The molecule has 1 saturated carbocycles. The lowest BCUT2D eigenvalue weighted by Crippen LogP contribution is -2.40. The normalized spacial score (nSPS) is 19.3. The number of carbonyl (C=O) groups excluding carboxylic acids is 2. The zero-order valence-corrected chi connectivity index (χ0v) is 20.2. The molecule has 1 aliphatic heterocycles. The fourth-order valence-electron chi connectivity index (χ4n) is 5.03.